The van der Waals surface area contributed by atoms with Gasteiger partial charge in [-0.2, -0.15) is 0 Å². The standard InChI is InChI=1S/C40H48N3O6.C39H46N3O6.C39H48N3O6.3V/c1-40(2,3)29-21-35(45)49-37-26-16-15-25(19-26)28(37)13-9-6-10-14-31-38(42-32-20-27(47-4)17-18-30(32)41-31)48-34-22-43(39(29)46)33(23-44)36(34)24-11-7-5-8-12-24;1-39(2,3)28-20-35(44)47-33-18-24-17-27(24)26(33)13-9-6-10-14-30-37(41-31-19-25(46-4)15-16-29(31)40-30)48-34-21-42(38(28)45)32(22-43)36(34)23-11-7-5-8-12-23;1-38(2,3)28-22-34(44)48-39(4)20-12-16-26(39)15-10-7-11-17-30-36(41-31-21-27(46-5)18-19-29(31)40-30)47-33-23-42(37(28)45)32(24-43)35(33)25-13-8-6-9-14-25;;;/h5,7-8,11-12,17-18,20,25-26,28-29,33-34,36-37H,6,9-10,13-16,19,21-22H2,1-4H3;5,7-8,11-12,15-16,19,24,26-28,32-34,36H,6,9-10,13-14,17-18,20-21H2,1-4H3;6,8-9,13-14,18-19,21,26,28,32-33,35H,7,10-12,15-17,20,22-23H2,1-5H3;;;/q3*-1;;;/t25-,26+,28-,29-,33-,34+,36+,37-;24?,26-,27?,28-,32-,33-,34+,36+;26-,28-,32-,33+,35+,39-;;;/m111.../s1. The average Bonchev–Trinajstić information content (AvgIpc) is 1.59. The maximum atomic E-state index is 14.6. The van der Waals surface area contributed by atoms with E-state index in [-0.39, 0.29) is 148 Å². The predicted molar refractivity (Wildman–Crippen MR) is 547 cm³/mol. The fourth-order valence-electron chi connectivity index (χ4n) is 25.6. The first-order valence-corrected chi connectivity index (χ1v) is 53.1. The molecule has 8 fully saturated rings. The molecule has 3 radical (unpaired) electrons. The summed E-state index contributed by atoms with van der Waals surface area (Å²) in [5.41, 5.74) is 6.84. The monoisotopic (exact) mass is 2130 g/mol. The van der Waals surface area contributed by atoms with Crippen molar-refractivity contribution in [2.45, 2.75) is 308 Å². The minimum atomic E-state index is -0.915. The first-order chi connectivity index (χ1) is 69.8. The zero-order chi connectivity index (χ0) is 102. The summed E-state index contributed by atoms with van der Waals surface area (Å²) in [7, 11) is 4.85. The smallest absolute Gasteiger partial charge is 0.307 e. The number of carbonyl (C=O) groups excluding carboxylic acids is 9. The van der Waals surface area contributed by atoms with Gasteiger partial charge in [0.15, 0.2) is 0 Å². The first-order valence-electron chi connectivity index (χ1n) is 53.1. The van der Waals surface area contributed by atoms with Crippen LogP contribution in [0.1, 0.15) is 268 Å². The maximum Gasteiger partial charge on any atom is 0.307 e. The number of aryl methyl sites for hydroxylation is 3. The molecule has 148 heavy (non-hydrogen) atoms. The number of aromatic nitrogens is 6. The molecule has 8 bridgehead atoms. The Labute approximate surface area is 906 Å². The van der Waals surface area contributed by atoms with Crippen molar-refractivity contribution in [3.8, 4) is 34.9 Å². The third kappa shape index (κ3) is 24.7. The van der Waals surface area contributed by atoms with E-state index >= 15 is 0 Å². The molecule has 20 rings (SSSR count). The van der Waals surface area contributed by atoms with E-state index in [1.165, 1.54) is 12.8 Å². The molecule has 30 heteroatoms. The van der Waals surface area contributed by atoms with E-state index in [2.05, 4.69) is 25.8 Å². The number of benzene rings is 6. The second kappa shape index (κ2) is 48.1. The second-order valence-corrected chi connectivity index (χ2v) is 46.0. The number of amides is 3. The van der Waals surface area contributed by atoms with Crippen molar-refractivity contribution >= 4 is 87.6 Å². The Balaban J connectivity index is 0.000000165. The molecule has 2 unspecified atom stereocenters. The molecule has 3 saturated heterocycles. The van der Waals surface area contributed by atoms with E-state index in [1.54, 1.807) is 36.0 Å². The van der Waals surface area contributed by atoms with Gasteiger partial charge in [-0.3, -0.25) is 28.8 Å². The Bertz CT molecular complexity index is 6090. The van der Waals surface area contributed by atoms with Gasteiger partial charge in [-0.25, -0.2) is 48.8 Å². The Kier molecular flexibility index (Phi) is 36.4. The van der Waals surface area contributed by atoms with Crippen molar-refractivity contribution in [2.75, 3.05) is 41.0 Å². The van der Waals surface area contributed by atoms with Crippen LogP contribution >= 0.6 is 0 Å². The minimum absolute atomic E-state index is 0. The van der Waals surface area contributed by atoms with Crippen LogP contribution in [0.5, 0.6) is 34.9 Å². The number of fused-ring (bicyclic) bond motifs is 21. The topological polar surface area (TPSA) is 324 Å². The Morgan fingerprint density at radius 1 is 0.351 bits per heavy atom. The average molecular weight is 2130 g/mol. The third-order valence-corrected chi connectivity index (χ3v) is 33.7. The Morgan fingerprint density at radius 3 is 1.09 bits per heavy atom. The third-order valence-electron chi connectivity index (χ3n) is 33.7. The molecule has 0 spiro atoms. The van der Waals surface area contributed by atoms with Gasteiger partial charge in [0.05, 0.1) is 111 Å². The van der Waals surface area contributed by atoms with E-state index in [1.807, 2.05) is 208 Å². The summed E-state index contributed by atoms with van der Waals surface area (Å²) in [4.78, 5) is 158. The van der Waals surface area contributed by atoms with Crippen molar-refractivity contribution < 1.29 is 141 Å². The Hall–Kier alpha value is -10.3. The fraction of sp³-hybridized carbons (Fsp3) is 0.568. The summed E-state index contributed by atoms with van der Waals surface area (Å²) in [6.45, 7) is 20.2. The largest absolute Gasteiger partial charge is 0.540 e. The summed E-state index contributed by atoms with van der Waals surface area (Å²) < 4.78 is 55.6. The zero-order valence-corrected chi connectivity index (χ0v) is 91.9. The molecule has 3 aromatic heterocycles. The molecule has 11 aliphatic rings. The van der Waals surface area contributed by atoms with Gasteiger partial charge in [0.25, 0.3) is 0 Å². The molecule has 5 saturated carbocycles. The molecule has 27 nitrogen and oxygen atoms in total. The van der Waals surface area contributed by atoms with Gasteiger partial charge in [-0.1, -0.05) is 210 Å². The van der Waals surface area contributed by atoms with Crippen molar-refractivity contribution in [3.05, 3.63) is 179 Å². The number of methoxy groups -OCH3 is 3. The number of esters is 3. The van der Waals surface area contributed by atoms with Crippen LogP contribution in [0, 0.1) is 75.4 Å². The quantitative estimate of drug-likeness (QED) is 0.0736. The molecule has 9 aromatic rings. The van der Waals surface area contributed by atoms with Crippen molar-refractivity contribution in [1.82, 2.24) is 44.6 Å². The zero-order valence-electron chi connectivity index (χ0n) is 87.7. The van der Waals surface area contributed by atoms with E-state index < -0.39 is 93.8 Å². The van der Waals surface area contributed by atoms with E-state index in [9.17, 15) is 43.2 Å². The summed E-state index contributed by atoms with van der Waals surface area (Å²) in [6, 6.07) is 43.1. The van der Waals surface area contributed by atoms with Gasteiger partial charge >= 0.3 is 17.9 Å². The number of hydrogen-bond acceptors (Lipinski definition) is 24. The maximum absolute atomic E-state index is 14.6. The number of rotatable bonds is 9. The molecule has 9 heterocycles. The normalized spacial score (nSPS) is 29.7. The first kappa shape index (κ1) is 112. The summed E-state index contributed by atoms with van der Waals surface area (Å²) in [6.07, 6.45) is 26.8. The molecule has 0 N–H and O–H groups in total. The SMILES string of the molecule is COc1ccc2nc3c(nc2c1)O[C@H]1CN(C(=O)[C@H](C(C)(C)C)CC(=O)O[C@@H]2CC4CC4[C@H]2CCCCC3)[C@H]([C-]=O)[C@@H]1c1ccccc1.COc1ccc2nc3c(nc2c1)O[C@H]1CN(C(=O)[C@H](C(C)(C)C)CC(=O)O[C@@H]2[C@H]4CC[C@H](C4)[C@H]2CCCCC3)[C@H]([C-]=O)[C@@H]1c1ccccc1.COc1ccc2nc3c(nc2c1)O[C@H]1CN(C(=O)[C@H](C(C)(C)C)CC(=O)O[C@]2(C)CCC[C@H]2CCCCC3)[C@H]([C-]=O)[C@@H]1c1ccccc1.[V].[V].[V]. The summed E-state index contributed by atoms with van der Waals surface area (Å²) in [5.74, 6) is 1.14. The molecule has 785 valence electrons. The molecular weight excluding hydrogens is 1980 g/mol. The van der Waals surface area contributed by atoms with Crippen molar-refractivity contribution in [3.63, 3.8) is 0 Å². The van der Waals surface area contributed by atoms with Crippen LogP contribution in [0.2, 0.25) is 0 Å². The number of carbonyl (C=O) groups is 6. The fourth-order valence-corrected chi connectivity index (χ4v) is 25.6. The van der Waals surface area contributed by atoms with Gasteiger partial charge in [-0.05, 0) is 227 Å². The van der Waals surface area contributed by atoms with Crippen LogP contribution in [0.25, 0.3) is 33.1 Å². The van der Waals surface area contributed by atoms with Crippen LogP contribution in [-0.4, -0.2) is 194 Å². The van der Waals surface area contributed by atoms with E-state index in [0.29, 0.717) is 106 Å². The molecule has 6 aliphatic heterocycles. The van der Waals surface area contributed by atoms with E-state index in [0.717, 1.165) is 166 Å². The van der Waals surface area contributed by atoms with Gasteiger partial charge in [-0.15, -0.1) is 0 Å². The summed E-state index contributed by atoms with van der Waals surface area (Å²) in [5, 5.41) is 0. The summed E-state index contributed by atoms with van der Waals surface area (Å²) >= 11 is 0. The van der Waals surface area contributed by atoms with Gasteiger partial charge in [0, 0.05) is 91.6 Å². The second-order valence-electron chi connectivity index (χ2n) is 46.0. The van der Waals surface area contributed by atoms with Crippen LogP contribution < -0.4 is 28.4 Å². The number of ether oxygens (including phenoxy) is 9. The van der Waals surface area contributed by atoms with Gasteiger partial charge in [0.2, 0.25) is 35.4 Å². The Morgan fingerprint density at radius 2 is 0.709 bits per heavy atom. The van der Waals surface area contributed by atoms with E-state index in [4.69, 9.17) is 72.5 Å². The van der Waals surface area contributed by atoms with Crippen LogP contribution in [0.3, 0.4) is 0 Å². The number of hydrogen-bond donors (Lipinski definition) is 0. The molecule has 6 aromatic carbocycles. The molecule has 5 aliphatic carbocycles. The number of nitrogens with zero attached hydrogens (tertiary/aromatic N) is 9. The molecule has 22 atom stereocenters. The predicted octanol–water partition coefficient (Wildman–Crippen LogP) is 19.6. The van der Waals surface area contributed by atoms with Gasteiger partial charge in [0.1, 0.15) is 70.5 Å². The van der Waals surface area contributed by atoms with Gasteiger partial charge < -0.3 is 71.7 Å². The van der Waals surface area contributed by atoms with Crippen LogP contribution in [-0.2, 0) is 132 Å². The van der Waals surface area contributed by atoms with Crippen LogP contribution in [0.15, 0.2) is 146 Å². The van der Waals surface area contributed by atoms with Crippen LogP contribution in [0.4, 0.5) is 0 Å². The molecular formula is C118H142N9O18V3-3. The van der Waals surface area contributed by atoms with Crippen molar-refractivity contribution in [1.29, 1.82) is 0 Å². The molecule has 3 amide bonds. The minimum Gasteiger partial charge on any atom is -0.540 e. The van der Waals surface area contributed by atoms with Crippen molar-refractivity contribution in [2.24, 2.45) is 75.4 Å².